The lowest BCUT2D eigenvalue weighted by Crippen LogP contribution is -2.30. The molecule has 0 bridgehead atoms. The number of fused-ring (bicyclic) bond motifs is 1. The molecule has 0 aromatic carbocycles. The fourth-order valence-electron chi connectivity index (χ4n) is 3.01. The van der Waals surface area contributed by atoms with Crippen molar-refractivity contribution in [1.29, 1.82) is 0 Å². The van der Waals surface area contributed by atoms with Gasteiger partial charge in [-0.25, -0.2) is 9.67 Å². The van der Waals surface area contributed by atoms with Crippen molar-refractivity contribution < 1.29 is 14.7 Å². The van der Waals surface area contributed by atoms with Crippen LogP contribution in [0.1, 0.15) is 42.4 Å². The van der Waals surface area contributed by atoms with Gasteiger partial charge in [-0.3, -0.25) is 9.59 Å². The third-order valence-electron chi connectivity index (χ3n) is 4.24. The quantitative estimate of drug-likeness (QED) is 0.934. The lowest BCUT2D eigenvalue weighted by molar-refractivity contribution is -0.141. The molecule has 3 heterocycles. The van der Waals surface area contributed by atoms with E-state index in [1.165, 1.54) is 0 Å². The molecule has 2 aromatic heterocycles. The number of hydrogen-bond donors (Lipinski definition) is 1. The molecule has 7 nitrogen and oxygen atoms in total. The fourth-order valence-corrected chi connectivity index (χ4v) is 3.01. The first-order valence-electron chi connectivity index (χ1n) is 7.75. The maximum atomic E-state index is 12.8. The SMILES string of the molecule is Cc1cc(C(=O)N2CC[C@H](C(=O)O)C2)c2cnn(C(C)C)c2n1. The van der Waals surface area contributed by atoms with E-state index in [0.29, 0.717) is 29.6 Å². The van der Waals surface area contributed by atoms with E-state index in [-0.39, 0.29) is 18.5 Å². The maximum absolute atomic E-state index is 12.8. The Morgan fingerprint density at radius 2 is 2.13 bits per heavy atom. The molecule has 0 aliphatic carbocycles. The minimum Gasteiger partial charge on any atom is -0.481 e. The first-order chi connectivity index (χ1) is 10.9. The molecule has 2 aromatic rings. The summed E-state index contributed by atoms with van der Waals surface area (Å²) in [6.07, 6.45) is 2.17. The van der Waals surface area contributed by atoms with Crippen LogP contribution in [0.4, 0.5) is 0 Å². The van der Waals surface area contributed by atoms with Crippen LogP contribution in [0.15, 0.2) is 12.3 Å². The molecule has 0 unspecified atom stereocenters. The van der Waals surface area contributed by atoms with Gasteiger partial charge >= 0.3 is 5.97 Å². The summed E-state index contributed by atoms with van der Waals surface area (Å²) < 4.78 is 1.79. The average molecular weight is 316 g/mol. The van der Waals surface area contributed by atoms with Crippen LogP contribution >= 0.6 is 0 Å². The molecule has 1 N–H and O–H groups in total. The van der Waals surface area contributed by atoms with Crippen molar-refractivity contribution in [3.8, 4) is 0 Å². The molecule has 0 saturated carbocycles. The van der Waals surface area contributed by atoms with Gasteiger partial charge in [0.2, 0.25) is 0 Å². The molecule has 1 amide bonds. The first-order valence-corrected chi connectivity index (χ1v) is 7.75. The van der Waals surface area contributed by atoms with Gasteiger partial charge in [0.25, 0.3) is 5.91 Å². The molecule has 1 fully saturated rings. The third-order valence-corrected chi connectivity index (χ3v) is 4.24. The molecule has 0 spiro atoms. The predicted octanol–water partition coefficient (Wildman–Crippen LogP) is 1.87. The van der Waals surface area contributed by atoms with Gasteiger partial charge in [0, 0.05) is 24.8 Å². The van der Waals surface area contributed by atoms with Gasteiger partial charge in [0.15, 0.2) is 5.65 Å². The molecule has 3 rings (SSSR count). The van der Waals surface area contributed by atoms with E-state index >= 15 is 0 Å². The first kappa shape index (κ1) is 15.5. The zero-order valence-corrected chi connectivity index (χ0v) is 13.5. The smallest absolute Gasteiger partial charge is 0.308 e. The van der Waals surface area contributed by atoms with Crippen LogP contribution in [0.5, 0.6) is 0 Å². The Morgan fingerprint density at radius 3 is 2.74 bits per heavy atom. The number of pyridine rings is 1. The summed E-state index contributed by atoms with van der Waals surface area (Å²) in [4.78, 5) is 30.0. The highest BCUT2D eigenvalue weighted by molar-refractivity contribution is 6.05. The van der Waals surface area contributed by atoms with E-state index in [9.17, 15) is 9.59 Å². The number of rotatable bonds is 3. The standard InChI is InChI=1S/C16H20N4O3/c1-9(2)20-14-13(7-17-20)12(6-10(3)18-14)15(21)19-5-4-11(8-19)16(22)23/h6-7,9,11H,4-5,8H2,1-3H3,(H,22,23)/t11-/m0/s1. The van der Waals surface area contributed by atoms with Crippen LogP contribution in [-0.2, 0) is 4.79 Å². The molecule has 0 radical (unpaired) electrons. The van der Waals surface area contributed by atoms with Gasteiger partial charge in [0.1, 0.15) is 0 Å². The summed E-state index contributed by atoms with van der Waals surface area (Å²) in [6, 6.07) is 1.90. The van der Waals surface area contributed by atoms with Crippen molar-refractivity contribution in [1.82, 2.24) is 19.7 Å². The normalized spacial score (nSPS) is 18.1. The molecule has 7 heteroatoms. The van der Waals surface area contributed by atoms with E-state index in [4.69, 9.17) is 5.11 Å². The highest BCUT2D eigenvalue weighted by Gasteiger charge is 2.32. The number of carboxylic acid groups (broad SMARTS) is 1. The molecule has 1 atom stereocenters. The largest absolute Gasteiger partial charge is 0.481 e. The average Bonchev–Trinajstić information content (AvgIpc) is 3.12. The van der Waals surface area contributed by atoms with E-state index in [1.807, 2.05) is 20.8 Å². The number of carbonyl (C=O) groups is 2. The summed E-state index contributed by atoms with van der Waals surface area (Å²) in [5.41, 5.74) is 1.99. The van der Waals surface area contributed by atoms with Gasteiger partial charge in [-0.15, -0.1) is 0 Å². The van der Waals surface area contributed by atoms with Crippen LogP contribution in [0.25, 0.3) is 11.0 Å². The lowest BCUT2D eigenvalue weighted by Gasteiger charge is -2.17. The Hall–Kier alpha value is -2.44. The summed E-state index contributed by atoms with van der Waals surface area (Å²) in [6.45, 7) is 6.59. The minimum absolute atomic E-state index is 0.146. The number of aromatic nitrogens is 3. The maximum Gasteiger partial charge on any atom is 0.308 e. The van der Waals surface area contributed by atoms with Crippen molar-refractivity contribution in [2.75, 3.05) is 13.1 Å². The van der Waals surface area contributed by atoms with Crippen LogP contribution in [-0.4, -0.2) is 49.7 Å². The van der Waals surface area contributed by atoms with E-state index in [2.05, 4.69) is 10.1 Å². The van der Waals surface area contributed by atoms with Crippen LogP contribution in [0, 0.1) is 12.8 Å². The second kappa shape index (κ2) is 5.64. The third kappa shape index (κ3) is 2.67. The number of hydrogen-bond acceptors (Lipinski definition) is 4. The summed E-state index contributed by atoms with van der Waals surface area (Å²) >= 11 is 0. The second-order valence-electron chi connectivity index (χ2n) is 6.31. The monoisotopic (exact) mass is 316 g/mol. The van der Waals surface area contributed by atoms with Gasteiger partial charge < -0.3 is 10.0 Å². The summed E-state index contributed by atoms with van der Waals surface area (Å²) in [7, 11) is 0. The fraction of sp³-hybridized carbons (Fsp3) is 0.500. The van der Waals surface area contributed by atoms with Crippen LogP contribution in [0.3, 0.4) is 0 Å². The van der Waals surface area contributed by atoms with E-state index < -0.39 is 11.9 Å². The van der Waals surface area contributed by atoms with Gasteiger partial charge in [-0.1, -0.05) is 0 Å². The van der Waals surface area contributed by atoms with Gasteiger partial charge in [-0.2, -0.15) is 5.10 Å². The highest BCUT2D eigenvalue weighted by Crippen LogP contribution is 2.25. The number of carbonyl (C=O) groups excluding carboxylic acids is 1. The molecule has 1 aliphatic rings. The molecule has 1 aliphatic heterocycles. The number of likely N-dealkylation sites (tertiary alicyclic amines) is 1. The van der Waals surface area contributed by atoms with Crippen molar-refractivity contribution in [2.45, 2.75) is 33.2 Å². The molecule has 122 valence electrons. The lowest BCUT2D eigenvalue weighted by atomic mass is 10.1. The summed E-state index contributed by atoms with van der Waals surface area (Å²) in [5.74, 6) is -1.47. The van der Waals surface area contributed by atoms with Gasteiger partial charge in [0.05, 0.1) is 23.1 Å². The highest BCUT2D eigenvalue weighted by atomic mass is 16.4. The van der Waals surface area contributed by atoms with Crippen molar-refractivity contribution in [3.63, 3.8) is 0 Å². The van der Waals surface area contributed by atoms with E-state index in [1.54, 1.807) is 21.8 Å². The number of amides is 1. The Balaban J connectivity index is 2.00. The Kier molecular flexibility index (Phi) is 3.79. The zero-order valence-electron chi connectivity index (χ0n) is 13.5. The van der Waals surface area contributed by atoms with Crippen molar-refractivity contribution >= 4 is 22.9 Å². The minimum atomic E-state index is -0.844. The van der Waals surface area contributed by atoms with Gasteiger partial charge in [-0.05, 0) is 33.3 Å². The number of carboxylic acids is 1. The van der Waals surface area contributed by atoms with Crippen molar-refractivity contribution in [3.05, 3.63) is 23.5 Å². The number of aryl methyl sites for hydroxylation is 1. The number of nitrogens with zero attached hydrogens (tertiary/aromatic N) is 4. The molecular formula is C16H20N4O3. The Bertz CT molecular complexity index is 781. The second-order valence-corrected chi connectivity index (χ2v) is 6.31. The molecule has 23 heavy (non-hydrogen) atoms. The van der Waals surface area contributed by atoms with Crippen LogP contribution in [0.2, 0.25) is 0 Å². The van der Waals surface area contributed by atoms with Crippen LogP contribution < -0.4 is 0 Å². The Labute approximate surface area is 133 Å². The topological polar surface area (TPSA) is 88.3 Å². The zero-order chi connectivity index (χ0) is 16.7. The molecular weight excluding hydrogens is 296 g/mol. The predicted molar refractivity (Wildman–Crippen MR) is 84.3 cm³/mol. The molecule has 1 saturated heterocycles. The van der Waals surface area contributed by atoms with E-state index in [0.717, 1.165) is 5.69 Å². The summed E-state index contributed by atoms with van der Waals surface area (Å²) in [5, 5.41) is 14.2. The number of aliphatic carboxylic acids is 1. The Morgan fingerprint density at radius 1 is 1.39 bits per heavy atom. The van der Waals surface area contributed by atoms with Crippen molar-refractivity contribution in [2.24, 2.45) is 5.92 Å².